The summed E-state index contributed by atoms with van der Waals surface area (Å²) in [6.07, 6.45) is 2.34. The molecular formula is C13H22N4O2S. The van der Waals surface area contributed by atoms with E-state index < -0.39 is 5.97 Å². The number of carbonyl (C=O) groups is 1. The van der Waals surface area contributed by atoms with Gasteiger partial charge in [-0.15, -0.1) is 10.2 Å². The number of hydrogen-bond donors (Lipinski definition) is 1. The number of carboxylic acids is 1. The van der Waals surface area contributed by atoms with Crippen LogP contribution < -0.4 is 10.0 Å². The van der Waals surface area contributed by atoms with Gasteiger partial charge in [0, 0.05) is 11.7 Å². The third-order valence-corrected chi connectivity index (χ3v) is 4.64. The zero-order valence-corrected chi connectivity index (χ0v) is 12.9. The first-order valence-electron chi connectivity index (χ1n) is 7.25. The van der Waals surface area contributed by atoms with Gasteiger partial charge >= 0.3 is 0 Å². The van der Waals surface area contributed by atoms with Gasteiger partial charge in [-0.3, -0.25) is 0 Å². The molecule has 1 aliphatic carbocycles. The Morgan fingerprint density at radius 3 is 2.65 bits per heavy atom. The molecule has 1 aromatic rings. The normalized spacial score (nSPS) is 14.9. The minimum absolute atomic E-state index is 0.0685. The maximum Gasteiger partial charge on any atom is 0.191 e. The zero-order chi connectivity index (χ0) is 14.5. The van der Waals surface area contributed by atoms with Gasteiger partial charge in [-0.1, -0.05) is 11.8 Å². The Kier molecular flexibility index (Phi) is 5.42. The number of rotatable bonds is 9. The first-order chi connectivity index (χ1) is 9.65. The molecular weight excluding hydrogens is 276 g/mol. The van der Waals surface area contributed by atoms with E-state index in [1.165, 1.54) is 29.5 Å². The molecule has 1 aliphatic rings. The lowest BCUT2D eigenvalue weighted by Gasteiger charge is -2.17. The Hall–Kier alpha value is -1.08. The van der Waals surface area contributed by atoms with Gasteiger partial charge in [0.2, 0.25) is 0 Å². The number of likely N-dealkylation sites (N-methyl/N-ethyl adjacent to an activating group) is 1. The molecule has 0 amide bonds. The number of hydrogen-bond acceptors (Lipinski definition) is 5. The molecule has 0 bridgehead atoms. The van der Waals surface area contributed by atoms with Crippen molar-refractivity contribution in [1.82, 2.24) is 14.8 Å². The van der Waals surface area contributed by atoms with Crippen LogP contribution in [0.15, 0.2) is 5.16 Å². The van der Waals surface area contributed by atoms with Gasteiger partial charge in [-0.25, -0.2) is 0 Å². The molecule has 0 unspecified atom stereocenters. The molecule has 2 rings (SSSR count). The predicted octanol–water partition coefficient (Wildman–Crippen LogP) is -1.08. The third kappa shape index (κ3) is 3.96. The van der Waals surface area contributed by atoms with E-state index in [2.05, 4.69) is 28.6 Å². The Morgan fingerprint density at radius 1 is 1.40 bits per heavy atom. The van der Waals surface area contributed by atoms with Gasteiger partial charge < -0.3 is 19.4 Å². The van der Waals surface area contributed by atoms with E-state index in [4.69, 9.17) is 0 Å². The molecule has 0 radical (unpaired) electrons. The highest BCUT2D eigenvalue weighted by Crippen LogP contribution is 2.39. The fourth-order valence-corrected chi connectivity index (χ4v) is 2.94. The fraction of sp³-hybridized carbons (Fsp3) is 0.769. The summed E-state index contributed by atoms with van der Waals surface area (Å²) in [6, 6.07) is 0. The Morgan fingerprint density at radius 2 is 2.10 bits per heavy atom. The van der Waals surface area contributed by atoms with E-state index in [9.17, 15) is 9.90 Å². The van der Waals surface area contributed by atoms with E-state index in [-0.39, 0.29) is 5.75 Å². The number of thioether (sulfide) groups is 1. The number of nitrogens with one attached hydrogen (secondary N) is 1. The fourth-order valence-electron chi connectivity index (χ4n) is 2.26. The molecule has 20 heavy (non-hydrogen) atoms. The van der Waals surface area contributed by atoms with Crippen LogP contribution in [0.1, 0.15) is 38.4 Å². The summed E-state index contributed by atoms with van der Waals surface area (Å²) in [4.78, 5) is 12.1. The van der Waals surface area contributed by atoms with Crippen molar-refractivity contribution < 1.29 is 14.8 Å². The van der Waals surface area contributed by atoms with Crippen molar-refractivity contribution in [2.75, 3.05) is 25.4 Å². The van der Waals surface area contributed by atoms with Crippen LogP contribution in [0.3, 0.4) is 0 Å². The summed E-state index contributed by atoms with van der Waals surface area (Å²) < 4.78 is 2.11. The molecule has 0 saturated heterocycles. The van der Waals surface area contributed by atoms with Crippen LogP contribution in [0, 0.1) is 0 Å². The number of aromatic nitrogens is 3. The van der Waals surface area contributed by atoms with Crippen LogP contribution in [0.25, 0.3) is 0 Å². The summed E-state index contributed by atoms with van der Waals surface area (Å²) in [5.74, 6) is 0.414. The molecule has 1 saturated carbocycles. The van der Waals surface area contributed by atoms with Crippen LogP contribution >= 0.6 is 11.8 Å². The van der Waals surface area contributed by atoms with Crippen molar-refractivity contribution >= 4 is 17.7 Å². The third-order valence-electron chi connectivity index (χ3n) is 3.70. The van der Waals surface area contributed by atoms with E-state index in [1.807, 2.05) is 0 Å². The number of carboxylic acid groups (broad SMARTS) is 1. The average Bonchev–Trinajstić information content (AvgIpc) is 3.19. The topological polar surface area (TPSA) is 75.3 Å². The largest absolute Gasteiger partial charge is 0.549 e. The van der Waals surface area contributed by atoms with Crippen molar-refractivity contribution in [2.24, 2.45) is 0 Å². The van der Waals surface area contributed by atoms with Crippen molar-refractivity contribution in [3.05, 3.63) is 5.82 Å². The second kappa shape index (κ2) is 7.08. The molecule has 112 valence electrons. The Bertz CT molecular complexity index is 455. The smallest absolute Gasteiger partial charge is 0.191 e. The summed E-state index contributed by atoms with van der Waals surface area (Å²) in [7, 11) is 0. The van der Waals surface area contributed by atoms with E-state index >= 15 is 0 Å². The van der Waals surface area contributed by atoms with Crippen molar-refractivity contribution in [2.45, 2.75) is 44.3 Å². The highest BCUT2D eigenvalue weighted by Gasteiger charge is 2.30. The van der Waals surface area contributed by atoms with Gasteiger partial charge in [-0.2, -0.15) is 0 Å². The first-order valence-corrected chi connectivity index (χ1v) is 8.23. The van der Waals surface area contributed by atoms with Crippen LogP contribution in [-0.4, -0.2) is 46.1 Å². The minimum Gasteiger partial charge on any atom is -0.549 e. The van der Waals surface area contributed by atoms with Crippen molar-refractivity contribution in [3.63, 3.8) is 0 Å². The molecule has 1 N–H and O–H groups in total. The summed E-state index contributed by atoms with van der Waals surface area (Å²) >= 11 is 1.21. The highest BCUT2D eigenvalue weighted by atomic mass is 32.2. The molecule has 0 aromatic carbocycles. The number of quaternary nitrogens is 1. The molecule has 1 fully saturated rings. The van der Waals surface area contributed by atoms with Crippen molar-refractivity contribution in [3.8, 4) is 0 Å². The van der Waals surface area contributed by atoms with Gasteiger partial charge in [0.15, 0.2) is 5.16 Å². The molecule has 1 heterocycles. The van der Waals surface area contributed by atoms with Crippen molar-refractivity contribution in [1.29, 1.82) is 0 Å². The SMILES string of the molecule is CC[NH+](CC)CCn1c(SCC(=O)[O-])nnc1C1CC1. The van der Waals surface area contributed by atoms with Crippen LogP contribution in [0.5, 0.6) is 0 Å². The Labute approximate surface area is 123 Å². The van der Waals surface area contributed by atoms with Gasteiger partial charge in [-0.05, 0) is 26.7 Å². The van der Waals surface area contributed by atoms with E-state index in [0.717, 1.165) is 32.0 Å². The number of aliphatic carboxylic acids is 1. The monoisotopic (exact) mass is 298 g/mol. The van der Waals surface area contributed by atoms with Gasteiger partial charge in [0.25, 0.3) is 0 Å². The lowest BCUT2D eigenvalue weighted by atomic mass is 10.4. The lowest BCUT2D eigenvalue weighted by Crippen LogP contribution is -3.11. The zero-order valence-electron chi connectivity index (χ0n) is 12.1. The predicted molar refractivity (Wildman–Crippen MR) is 74.6 cm³/mol. The van der Waals surface area contributed by atoms with Crippen LogP contribution in [0.2, 0.25) is 0 Å². The maximum atomic E-state index is 10.6. The molecule has 0 spiro atoms. The minimum atomic E-state index is -1.06. The Balaban J connectivity index is 2.05. The quantitative estimate of drug-likeness (QED) is 0.587. The standard InChI is InChI=1S/C13H22N4O2S/c1-3-16(4-2)7-8-17-12(10-5-6-10)14-15-13(17)20-9-11(18)19/h10H,3-9H2,1-2H3,(H,18,19). The summed E-state index contributed by atoms with van der Waals surface area (Å²) in [5, 5.41) is 19.7. The van der Waals surface area contributed by atoms with E-state index in [0.29, 0.717) is 11.1 Å². The van der Waals surface area contributed by atoms with Crippen LogP contribution in [0.4, 0.5) is 0 Å². The highest BCUT2D eigenvalue weighted by molar-refractivity contribution is 7.99. The average molecular weight is 298 g/mol. The van der Waals surface area contributed by atoms with Crippen LogP contribution in [-0.2, 0) is 11.3 Å². The first kappa shape index (κ1) is 15.3. The number of nitrogens with zero attached hydrogens (tertiary/aromatic N) is 3. The molecule has 1 aromatic heterocycles. The molecule has 6 nitrogen and oxygen atoms in total. The maximum absolute atomic E-state index is 10.6. The molecule has 7 heteroatoms. The molecule has 0 atom stereocenters. The molecule has 0 aliphatic heterocycles. The number of carbonyl (C=O) groups excluding carboxylic acids is 1. The van der Waals surface area contributed by atoms with Gasteiger partial charge in [0.05, 0.1) is 32.1 Å². The second-order valence-corrected chi connectivity index (χ2v) is 6.08. The second-order valence-electron chi connectivity index (χ2n) is 5.13. The summed E-state index contributed by atoms with van der Waals surface area (Å²) in [5.41, 5.74) is 0. The van der Waals surface area contributed by atoms with E-state index in [1.54, 1.807) is 0 Å². The van der Waals surface area contributed by atoms with Gasteiger partial charge in [0.1, 0.15) is 5.82 Å². The summed E-state index contributed by atoms with van der Waals surface area (Å²) in [6.45, 7) is 8.42. The lowest BCUT2D eigenvalue weighted by molar-refractivity contribution is -0.897.